The van der Waals surface area contributed by atoms with E-state index in [0.717, 1.165) is 0 Å². The molecule has 13 heavy (non-hydrogen) atoms. The normalized spacial score (nSPS) is 11.4. The summed E-state index contributed by atoms with van der Waals surface area (Å²) in [6.45, 7) is 1.77. The van der Waals surface area contributed by atoms with E-state index in [9.17, 15) is 0 Å². The fraction of sp³-hybridized carbons (Fsp3) is 0.429. The Morgan fingerprint density at radius 2 is 2.15 bits per heavy atom. The topological polar surface area (TPSA) is 35.0 Å². The number of hydrogen-bond acceptors (Lipinski definition) is 3. The van der Waals surface area contributed by atoms with Crippen molar-refractivity contribution in [2.24, 2.45) is 0 Å². The SMILES string of the molecule is CC(Cl)(Cl)COc1cc(Cl)ncn1. The number of rotatable bonds is 3. The molecule has 0 amide bonds. The van der Waals surface area contributed by atoms with Gasteiger partial charge in [-0.1, -0.05) is 34.8 Å². The van der Waals surface area contributed by atoms with Gasteiger partial charge in [-0.25, -0.2) is 9.97 Å². The van der Waals surface area contributed by atoms with Gasteiger partial charge >= 0.3 is 0 Å². The Hall–Kier alpha value is -0.250. The second-order valence-electron chi connectivity index (χ2n) is 2.54. The van der Waals surface area contributed by atoms with Crippen LogP contribution in [-0.4, -0.2) is 20.9 Å². The second kappa shape index (κ2) is 4.31. The summed E-state index contributed by atoms with van der Waals surface area (Å²) in [6, 6.07) is 1.49. The van der Waals surface area contributed by atoms with Gasteiger partial charge in [0.1, 0.15) is 22.4 Å². The van der Waals surface area contributed by atoms with E-state index in [1.807, 2.05) is 0 Å². The van der Waals surface area contributed by atoms with Gasteiger partial charge in [-0.05, 0) is 6.92 Å². The molecule has 0 spiro atoms. The predicted octanol–water partition coefficient (Wildman–Crippen LogP) is 2.70. The van der Waals surface area contributed by atoms with E-state index in [2.05, 4.69) is 9.97 Å². The van der Waals surface area contributed by atoms with Crippen LogP contribution in [0, 0.1) is 0 Å². The number of hydrogen-bond donors (Lipinski definition) is 0. The molecule has 0 aliphatic carbocycles. The molecule has 1 aromatic rings. The summed E-state index contributed by atoms with van der Waals surface area (Å²) in [5.74, 6) is 0.354. The highest BCUT2D eigenvalue weighted by atomic mass is 35.5. The van der Waals surface area contributed by atoms with E-state index in [0.29, 0.717) is 11.0 Å². The Balaban J connectivity index is 2.55. The molecular weight excluding hydrogens is 234 g/mol. The number of ether oxygens (including phenoxy) is 1. The minimum Gasteiger partial charge on any atom is -0.474 e. The summed E-state index contributed by atoms with van der Waals surface area (Å²) >= 11 is 17.0. The van der Waals surface area contributed by atoms with Crippen LogP contribution in [0.4, 0.5) is 0 Å². The van der Waals surface area contributed by atoms with Crippen molar-refractivity contribution in [1.82, 2.24) is 9.97 Å². The van der Waals surface area contributed by atoms with Crippen molar-refractivity contribution < 1.29 is 4.74 Å². The van der Waals surface area contributed by atoms with Crippen LogP contribution in [0.1, 0.15) is 6.92 Å². The number of aromatic nitrogens is 2. The minimum absolute atomic E-state index is 0.142. The van der Waals surface area contributed by atoms with Crippen molar-refractivity contribution >= 4 is 34.8 Å². The lowest BCUT2D eigenvalue weighted by atomic mass is 10.5. The highest BCUT2D eigenvalue weighted by Gasteiger charge is 2.17. The molecule has 0 saturated carbocycles. The molecule has 0 aliphatic rings. The Morgan fingerprint density at radius 3 is 2.69 bits per heavy atom. The van der Waals surface area contributed by atoms with E-state index < -0.39 is 4.33 Å². The molecule has 1 rings (SSSR count). The monoisotopic (exact) mass is 240 g/mol. The number of nitrogens with zero attached hydrogens (tertiary/aromatic N) is 2. The average Bonchev–Trinajstić information content (AvgIpc) is 2.00. The quantitative estimate of drug-likeness (QED) is 0.603. The summed E-state index contributed by atoms with van der Waals surface area (Å²) in [4.78, 5) is 7.50. The van der Waals surface area contributed by atoms with Gasteiger partial charge in [-0.3, -0.25) is 0 Å². The summed E-state index contributed by atoms with van der Waals surface area (Å²) in [5.41, 5.74) is 0. The van der Waals surface area contributed by atoms with Gasteiger partial charge in [0.25, 0.3) is 0 Å². The number of halogens is 3. The van der Waals surface area contributed by atoms with Crippen molar-refractivity contribution in [2.45, 2.75) is 11.3 Å². The third-order valence-corrected chi connectivity index (χ3v) is 1.51. The number of alkyl halides is 2. The zero-order valence-corrected chi connectivity index (χ0v) is 9.07. The fourth-order valence-corrected chi connectivity index (χ4v) is 0.843. The van der Waals surface area contributed by atoms with Gasteiger partial charge in [-0.15, -0.1) is 0 Å². The largest absolute Gasteiger partial charge is 0.474 e. The van der Waals surface area contributed by atoms with Crippen LogP contribution in [0.2, 0.25) is 5.15 Å². The summed E-state index contributed by atoms with van der Waals surface area (Å²) in [7, 11) is 0. The molecular formula is C7H7Cl3N2O. The predicted molar refractivity (Wildman–Crippen MR) is 52.6 cm³/mol. The molecule has 0 bridgehead atoms. The first-order chi connectivity index (χ1) is 5.97. The fourth-order valence-electron chi connectivity index (χ4n) is 0.597. The lowest BCUT2D eigenvalue weighted by Crippen LogP contribution is -2.18. The zero-order valence-electron chi connectivity index (χ0n) is 6.80. The standard InChI is InChI=1S/C7H7Cl3N2O/c1-7(9,10)3-13-6-2-5(8)11-4-12-6/h2,4H,3H2,1H3. The average molecular weight is 242 g/mol. The van der Waals surface area contributed by atoms with E-state index in [1.165, 1.54) is 12.4 Å². The van der Waals surface area contributed by atoms with Crippen LogP contribution in [0.3, 0.4) is 0 Å². The Morgan fingerprint density at radius 1 is 1.46 bits per heavy atom. The second-order valence-corrected chi connectivity index (χ2v) is 4.79. The molecule has 0 aromatic carbocycles. The molecule has 1 heterocycles. The molecule has 72 valence electrons. The summed E-state index contributed by atoms with van der Waals surface area (Å²) in [6.07, 6.45) is 1.30. The van der Waals surface area contributed by atoms with E-state index in [-0.39, 0.29) is 6.61 Å². The lowest BCUT2D eigenvalue weighted by molar-refractivity contribution is 0.296. The van der Waals surface area contributed by atoms with Gasteiger partial charge in [0, 0.05) is 6.07 Å². The zero-order chi connectivity index (χ0) is 9.90. The van der Waals surface area contributed by atoms with E-state index in [4.69, 9.17) is 39.5 Å². The molecule has 1 aromatic heterocycles. The molecule has 0 saturated heterocycles. The lowest BCUT2D eigenvalue weighted by Gasteiger charge is -2.13. The van der Waals surface area contributed by atoms with Crippen LogP contribution in [0.5, 0.6) is 5.88 Å². The third kappa shape index (κ3) is 4.50. The van der Waals surface area contributed by atoms with Crippen LogP contribution >= 0.6 is 34.8 Å². The first-order valence-electron chi connectivity index (χ1n) is 3.45. The smallest absolute Gasteiger partial charge is 0.217 e. The molecule has 0 aliphatic heterocycles. The van der Waals surface area contributed by atoms with Gasteiger partial charge < -0.3 is 4.74 Å². The molecule has 0 unspecified atom stereocenters. The van der Waals surface area contributed by atoms with Gasteiger partial charge in [-0.2, -0.15) is 0 Å². The third-order valence-electron chi connectivity index (χ3n) is 1.08. The molecule has 0 atom stereocenters. The molecule has 0 fully saturated rings. The molecule has 6 heteroatoms. The van der Waals surface area contributed by atoms with Gasteiger partial charge in [0.15, 0.2) is 0 Å². The van der Waals surface area contributed by atoms with Crippen molar-refractivity contribution in [3.8, 4) is 5.88 Å². The maximum Gasteiger partial charge on any atom is 0.217 e. The highest BCUT2D eigenvalue weighted by molar-refractivity contribution is 6.48. The Bertz CT molecular complexity index is 287. The molecule has 0 radical (unpaired) electrons. The first-order valence-corrected chi connectivity index (χ1v) is 4.59. The summed E-state index contributed by atoms with van der Waals surface area (Å²) < 4.78 is 4.22. The molecule has 0 N–H and O–H groups in total. The van der Waals surface area contributed by atoms with Crippen LogP contribution in [-0.2, 0) is 0 Å². The van der Waals surface area contributed by atoms with Gasteiger partial charge in [0.2, 0.25) is 5.88 Å². The van der Waals surface area contributed by atoms with E-state index >= 15 is 0 Å². The minimum atomic E-state index is -0.933. The van der Waals surface area contributed by atoms with Crippen molar-refractivity contribution in [2.75, 3.05) is 6.61 Å². The van der Waals surface area contributed by atoms with Crippen LogP contribution < -0.4 is 4.74 Å². The van der Waals surface area contributed by atoms with Gasteiger partial charge in [0.05, 0.1) is 0 Å². The maximum atomic E-state index is 5.69. The van der Waals surface area contributed by atoms with Crippen molar-refractivity contribution in [1.29, 1.82) is 0 Å². The first kappa shape index (κ1) is 10.8. The van der Waals surface area contributed by atoms with E-state index in [1.54, 1.807) is 6.92 Å². The Labute approximate surface area is 91.0 Å². The summed E-state index contributed by atoms with van der Waals surface area (Å²) in [5, 5.41) is 0.316. The van der Waals surface area contributed by atoms with Crippen LogP contribution in [0.25, 0.3) is 0 Å². The molecule has 3 nitrogen and oxygen atoms in total. The Kier molecular flexibility index (Phi) is 3.59. The van der Waals surface area contributed by atoms with Crippen molar-refractivity contribution in [3.05, 3.63) is 17.5 Å². The maximum absolute atomic E-state index is 5.69. The van der Waals surface area contributed by atoms with Crippen molar-refractivity contribution in [3.63, 3.8) is 0 Å². The van der Waals surface area contributed by atoms with Crippen LogP contribution in [0.15, 0.2) is 12.4 Å². The highest BCUT2D eigenvalue weighted by Crippen LogP contribution is 2.21.